The van der Waals surface area contributed by atoms with Gasteiger partial charge in [-0.05, 0) is 65.1 Å². The van der Waals surface area contributed by atoms with Crippen LogP contribution in [-0.2, 0) is 11.3 Å². The van der Waals surface area contributed by atoms with Crippen LogP contribution in [0.15, 0.2) is 72.9 Å². The first-order chi connectivity index (χ1) is 13.6. The molecule has 0 spiro atoms. The lowest BCUT2D eigenvalue weighted by Crippen LogP contribution is -2.25. The van der Waals surface area contributed by atoms with Crippen LogP contribution in [0.4, 0.5) is 5.69 Å². The summed E-state index contributed by atoms with van der Waals surface area (Å²) in [5.74, 6) is -0.246. The summed E-state index contributed by atoms with van der Waals surface area (Å²) in [7, 11) is 0. The standard InChI is InChI=1S/C21H18IN3O3/c22-15-6-5-8-16(12-15)25-20(26)14-28-19-10-2-1-9-18(19)21(27)24-13-17-7-3-4-11-23-17/h1-12H,13-14H2,(H,24,27)(H,25,26). The largest absolute Gasteiger partial charge is 0.483 e. The first-order valence-corrected chi connectivity index (χ1v) is 9.65. The number of amides is 2. The summed E-state index contributed by atoms with van der Waals surface area (Å²) in [4.78, 5) is 28.8. The molecule has 2 aromatic carbocycles. The Kier molecular flexibility index (Phi) is 6.96. The molecule has 0 aliphatic rings. The Morgan fingerprint density at radius 1 is 1.00 bits per heavy atom. The fourth-order valence-corrected chi connectivity index (χ4v) is 3.00. The van der Waals surface area contributed by atoms with Gasteiger partial charge in [-0.2, -0.15) is 0 Å². The third kappa shape index (κ3) is 5.78. The normalized spacial score (nSPS) is 10.2. The van der Waals surface area contributed by atoms with Gasteiger partial charge >= 0.3 is 0 Å². The van der Waals surface area contributed by atoms with E-state index in [4.69, 9.17) is 4.74 Å². The number of ether oxygens (including phenoxy) is 1. The number of nitrogens with one attached hydrogen (secondary N) is 2. The molecule has 0 bridgehead atoms. The monoisotopic (exact) mass is 487 g/mol. The van der Waals surface area contributed by atoms with Gasteiger partial charge in [-0.3, -0.25) is 14.6 Å². The molecule has 7 heteroatoms. The molecular formula is C21H18IN3O3. The number of hydrogen-bond acceptors (Lipinski definition) is 4. The van der Waals surface area contributed by atoms with Crippen LogP contribution in [0.25, 0.3) is 0 Å². The van der Waals surface area contributed by atoms with Crippen molar-refractivity contribution in [2.75, 3.05) is 11.9 Å². The van der Waals surface area contributed by atoms with Gasteiger partial charge in [0.1, 0.15) is 5.75 Å². The lowest BCUT2D eigenvalue weighted by molar-refractivity contribution is -0.118. The van der Waals surface area contributed by atoms with Crippen molar-refractivity contribution < 1.29 is 14.3 Å². The summed E-state index contributed by atoms with van der Waals surface area (Å²) in [6.45, 7) is 0.108. The van der Waals surface area contributed by atoms with E-state index in [2.05, 4.69) is 38.2 Å². The van der Waals surface area contributed by atoms with E-state index in [1.807, 2.05) is 36.4 Å². The van der Waals surface area contributed by atoms with Crippen LogP contribution in [0.3, 0.4) is 0 Å². The number of rotatable bonds is 7. The molecule has 142 valence electrons. The van der Waals surface area contributed by atoms with Crippen molar-refractivity contribution in [3.63, 3.8) is 0 Å². The molecule has 1 heterocycles. The summed E-state index contributed by atoms with van der Waals surface area (Å²) < 4.78 is 6.60. The van der Waals surface area contributed by atoms with E-state index in [0.29, 0.717) is 23.5 Å². The number of benzene rings is 2. The zero-order chi connectivity index (χ0) is 19.8. The Labute approximate surface area is 176 Å². The van der Waals surface area contributed by atoms with Crippen LogP contribution in [-0.4, -0.2) is 23.4 Å². The lowest BCUT2D eigenvalue weighted by atomic mass is 10.2. The van der Waals surface area contributed by atoms with Gasteiger partial charge < -0.3 is 15.4 Å². The Morgan fingerprint density at radius 3 is 2.61 bits per heavy atom. The molecule has 6 nitrogen and oxygen atoms in total. The van der Waals surface area contributed by atoms with E-state index in [1.165, 1.54) is 0 Å². The molecule has 2 N–H and O–H groups in total. The molecule has 0 saturated heterocycles. The zero-order valence-electron chi connectivity index (χ0n) is 14.9. The Bertz CT molecular complexity index is 964. The van der Waals surface area contributed by atoms with Crippen molar-refractivity contribution in [1.29, 1.82) is 0 Å². The summed E-state index contributed by atoms with van der Waals surface area (Å²) in [6, 6.07) is 19.8. The van der Waals surface area contributed by atoms with E-state index >= 15 is 0 Å². The molecule has 0 fully saturated rings. The van der Waals surface area contributed by atoms with Crippen LogP contribution in [0, 0.1) is 3.57 Å². The third-order valence-corrected chi connectivity index (χ3v) is 4.43. The van der Waals surface area contributed by atoms with E-state index in [1.54, 1.807) is 36.5 Å². The van der Waals surface area contributed by atoms with Crippen molar-refractivity contribution in [2.24, 2.45) is 0 Å². The summed E-state index contributed by atoms with van der Waals surface area (Å²) in [5.41, 5.74) is 1.81. The van der Waals surface area contributed by atoms with Crippen LogP contribution in [0.2, 0.25) is 0 Å². The molecule has 1 aromatic heterocycles. The van der Waals surface area contributed by atoms with Crippen LogP contribution in [0.5, 0.6) is 5.75 Å². The van der Waals surface area contributed by atoms with Crippen LogP contribution in [0.1, 0.15) is 16.1 Å². The first kappa shape index (κ1) is 19.8. The maximum Gasteiger partial charge on any atom is 0.262 e. The highest BCUT2D eigenvalue weighted by atomic mass is 127. The number of para-hydroxylation sites is 1. The number of pyridine rings is 1. The average molecular weight is 487 g/mol. The van der Waals surface area contributed by atoms with Gasteiger partial charge in [-0.25, -0.2) is 0 Å². The van der Waals surface area contributed by atoms with Gasteiger partial charge in [0.2, 0.25) is 0 Å². The van der Waals surface area contributed by atoms with E-state index in [-0.39, 0.29) is 18.4 Å². The zero-order valence-corrected chi connectivity index (χ0v) is 17.0. The molecule has 0 unspecified atom stereocenters. The second-order valence-electron chi connectivity index (χ2n) is 5.85. The Morgan fingerprint density at radius 2 is 1.82 bits per heavy atom. The molecule has 3 rings (SSSR count). The number of anilines is 1. The fourth-order valence-electron chi connectivity index (χ4n) is 2.46. The topological polar surface area (TPSA) is 80.3 Å². The number of carbonyl (C=O) groups is 2. The predicted octanol–water partition coefficient (Wildman–Crippen LogP) is 3.63. The molecular weight excluding hydrogens is 469 g/mol. The molecule has 2 amide bonds. The van der Waals surface area contributed by atoms with Gasteiger partial charge in [0.05, 0.1) is 17.8 Å². The molecule has 0 atom stereocenters. The summed E-state index contributed by atoms with van der Waals surface area (Å²) in [6.07, 6.45) is 1.67. The van der Waals surface area contributed by atoms with Crippen LogP contribution >= 0.6 is 22.6 Å². The Hall–Kier alpha value is -2.94. The maximum absolute atomic E-state index is 12.5. The molecule has 0 saturated carbocycles. The predicted molar refractivity (Wildman–Crippen MR) is 115 cm³/mol. The molecule has 3 aromatic rings. The minimum atomic E-state index is -0.300. The highest BCUT2D eigenvalue weighted by molar-refractivity contribution is 14.1. The van der Waals surface area contributed by atoms with Gasteiger partial charge in [0.25, 0.3) is 11.8 Å². The number of hydrogen-bond donors (Lipinski definition) is 2. The van der Waals surface area contributed by atoms with Gasteiger partial charge in [0, 0.05) is 15.5 Å². The van der Waals surface area contributed by atoms with Crippen molar-refractivity contribution in [3.8, 4) is 5.75 Å². The first-order valence-electron chi connectivity index (χ1n) is 8.57. The fraction of sp³-hybridized carbons (Fsp3) is 0.0952. The van der Waals surface area contributed by atoms with Crippen molar-refractivity contribution in [1.82, 2.24) is 10.3 Å². The quantitative estimate of drug-likeness (QED) is 0.499. The number of carbonyl (C=O) groups excluding carboxylic acids is 2. The van der Waals surface area contributed by atoms with E-state index < -0.39 is 0 Å². The smallest absolute Gasteiger partial charge is 0.262 e. The van der Waals surface area contributed by atoms with Crippen LogP contribution < -0.4 is 15.4 Å². The van der Waals surface area contributed by atoms with Crippen molar-refractivity contribution in [3.05, 3.63) is 87.8 Å². The van der Waals surface area contributed by atoms with E-state index in [0.717, 1.165) is 9.26 Å². The summed E-state index contributed by atoms with van der Waals surface area (Å²) >= 11 is 2.17. The highest BCUT2D eigenvalue weighted by Crippen LogP contribution is 2.18. The molecule has 0 aliphatic carbocycles. The highest BCUT2D eigenvalue weighted by Gasteiger charge is 2.13. The van der Waals surface area contributed by atoms with Gasteiger partial charge in [-0.15, -0.1) is 0 Å². The second-order valence-corrected chi connectivity index (χ2v) is 7.09. The molecule has 0 radical (unpaired) electrons. The summed E-state index contributed by atoms with van der Waals surface area (Å²) in [5, 5.41) is 5.58. The minimum Gasteiger partial charge on any atom is -0.483 e. The number of halogens is 1. The maximum atomic E-state index is 12.5. The number of nitrogens with zero attached hydrogens (tertiary/aromatic N) is 1. The van der Waals surface area contributed by atoms with E-state index in [9.17, 15) is 9.59 Å². The molecule has 0 aliphatic heterocycles. The molecule has 28 heavy (non-hydrogen) atoms. The minimum absolute atomic E-state index is 0.198. The number of aromatic nitrogens is 1. The van der Waals surface area contributed by atoms with Crippen molar-refractivity contribution >= 4 is 40.1 Å². The Balaban J connectivity index is 1.58. The SMILES string of the molecule is O=C(COc1ccccc1C(=O)NCc1ccccn1)Nc1cccc(I)c1. The third-order valence-electron chi connectivity index (χ3n) is 3.76. The van der Waals surface area contributed by atoms with Crippen molar-refractivity contribution in [2.45, 2.75) is 6.54 Å². The second kappa shape index (κ2) is 9.84. The lowest BCUT2D eigenvalue weighted by Gasteiger charge is -2.12. The van der Waals surface area contributed by atoms with Gasteiger partial charge in [0.15, 0.2) is 6.61 Å². The average Bonchev–Trinajstić information content (AvgIpc) is 2.71. The van der Waals surface area contributed by atoms with Gasteiger partial charge in [-0.1, -0.05) is 24.3 Å².